The van der Waals surface area contributed by atoms with Crippen LogP contribution in [0.1, 0.15) is 24.0 Å². The third-order valence-corrected chi connectivity index (χ3v) is 3.79. The summed E-state index contributed by atoms with van der Waals surface area (Å²) in [6.45, 7) is 1.14. The highest BCUT2D eigenvalue weighted by molar-refractivity contribution is 5.60. The van der Waals surface area contributed by atoms with Crippen molar-refractivity contribution in [2.75, 3.05) is 18.5 Å². The normalized spacial score (nSPS) is 20.9. The number of hydrogen-bond acceptors (Lipinski definition) is 1. The van der Waals surface area contributed by atoms with Crippen LogP contribution >= 0.6 is 0 Å². The highest BCUT2D eigenvalue weighted by Gasteiger charge is 2.42. The fourth-order valence-corrected chi connectivity index (χ4v) is 2.51. The third kappa shape index (κ3) is 1.18. The molecular weight excluding hydrogens is 182 g/mol. The van der Waals surface area contributed by atoms with Crippen molar-refractivity contribution in [3.8, 4) is 12.3 Å². The van der Waals surface area contributed by atoms with E-state index in [2.05, 4.69) is 36.1 Å². The van der Waals surface area contributed by atoms with Gasteiger partial charge >= 0.3 is 0 Å². The van der Waals surface area contributed by atoms with Gasteiger partial charge in [0.15, 0.2) is 0 Å². The molecule has 0 amide bonds. The molecule has 1 heteroatoms. The molecule has 15 heavy (non-hydrogen) atoms. The molecule has 1 aromatic carbocycles. The molecule has 3 rings (SSSR count). The van der Waals surface area contributed by atoms with Gasteiger partial charge in [0.25, 0.3) is 0 Å². The minimum Gasteiger partial charge on any atom is -0.374 e. The van der Waals surface area contributed by atoms with Gasteiger partial charge in [0.05, 0.1) is 5.41 Å². The molecule has 0 unspecified atom stereocenters. The van der Waals surface area contributed by atoms with E-state index in [1.54, 1.807) is 0 Å². The van der Waals surface area contributed by atoms with Crippen LogP contribution in [0.2, 0.25) is 0 Å². The fourth-order valence-electron chi connectivity index (χ4n) is 2.51. The number of anilines is 1. The van der Waals surface area contributed by atoms with Crippen LogP contribution < -0.4 is 4.90 Å². The van der Waals surface area contributed by atoms with Gasteiger partial charge in [0.1, 0.15) is 0 Å². The van der Waals surface area contributed by atoms with Crippen molar-refractivity contribution in [2.24, 2.45) is 0 Å². The molecule has 1 aliphatic heterocycles. The first-order chi connectivity index (χ1) is 7.25. The minimum absolute atomic E-state index is 0.0934. The van der Waals surface area contributed by atoms with Gasteiger partial charge in [-0.1, -0.05) is 18.1 Å². The molecule has 1 aromatic rings. The van der Waals surface area contributed by atoms with E-state index in [9.17, 15) is 0 Å². The van der Waals surface area contributed by atoms with Gasteiger partial charge in [-0.2, -0.15) is 0 Å². The van der Waals surface area contributed by atoms with Crippen LogP contribution in [0.4, 0.5) is 5.69 Å². The second-order valence-corrected chi connectivity index (χ2v) is 4.74. The Morgan fingerprint density at radius 1 is 1.40 bits per heavy atom. The monoisotopic (exact) mass is 197 g/mol. The maximum Gasteiger partial charge on any atom is 0.0561 e. The molecule has 1 aliphatic carbocycles. The zero-order chi connectivity index (χ0) is 10.5. The number of fused-ring (bicyclic) bond motifs is 1. The largest absolute Gasteiger partial charge is 0.374 e. The van der Waals surface area contributed by atoms with Gasteiger partial charge in [-0.15, -0.1) is 6.42 Å². The Balaban J connectivity index is 2.04. The Hall–Kier alpha value is -1.42. The minimum atomic E-state index is 0.0934. The van der Waals surface area contributed by atoms with Crippen LogP contribution in [0.25, 0.3) is 0 Å². The Morgan fingerprint density at radius 2 is 2.20 bits per heavy atom. The first kappa shape index (κ1) is 8.85. The summed E-state index contributed by atoms with van der Waals surface area (Å²) in [6.07, 6.45) is 9.11. The summed E-state index contributed by atoms with van der Waals surface area (Å²) in [5, 5.41) is 0. The smallest absolute Gasteiger partial charge is 0.0561 e. The summed E-state index contributed by atoms with van der Waals surface area (Å²) in [6, 6.07) is 6.77. The van der Waals surface area contributed by atoms with Gasteiger partial charge < -0.3 is 4.90 Å². The van der Waals surface area contributed by atoms with E-state index in [1.165, 1.54) is 23.2 Å². The summed E-state index contributed by atoms with van der Waals surface area (Å²) in [4.78, 5) is 2.31. The van der Waals surface area contributed by atoms with Gasteiger partial charge in [-0.3, -0.25) is 0 Å². The summed E-state index contributed by atoms with van der Waals surface area (Å²) < 4.78 is 0. The molecule has 0 saturated heterocycles. The maximum atomic E-state index is 5.61. The van der Waals surface area contributed by atoms with Crippen LogP contribution in [0, 0.1) is 12.3 Å². The number of benzene rings is 1. The lowest BCUT2D eigenvalue weighted by Gasteiger charge is -2.14. The highest BCUT2D eigenvalue weighted by Crippen LogP contribution is 2.48. The molecule has 0 N–H and O–H groups in total. The standard InChI is InChI=1S/C14H15N/c1-3-14(7-8-14)12-4-5-13-11(10-12)6-9-15(13)2/h1,4-5,10H,6-9H2,2H3. The van der Waals surface area contributed by atoms with Crippen molar-refractivity contribution in [1.82, 2.24) is 0 Å². The number of rotatable bonds is 1. The molecule has 0 bridgehead atoms. The van der Waals surface area contributed by atoms with Gasteiger partial charge in [-0.05, 0) is 36.5 Å². The van der Waals surface area contributed by atoms with Crippen LogP contribution in [-0.4, -0.2) is 13.6 Å². The van der Waals surface area contributed by atoms with Crippen molar-refractivity contribution < 1.29 is 0 Å². The first-order valence-electron chi connectivity index (χ1n) is 5.57. The van der Waals surface area contributed by atoms with E-state index in [0.717, 1.165) is 19.4 Å². The summed E-state index contributed by atoms with van der Waals surface area (Å²) >= 11 is 0. The molecular formula is C14H15N. The Bertz CT molecular complexity index is 449. The van der Waals surface area contributed by atoms with E-state index in [1.807, 2.05) is 0 Å². The summed E-state index contributed by atoms with van der Waals surface area (Å²) in [5.74, 6) is 2.96. The first-order valence-corrected chi connectivity index (χ1v) is 5.57. The number of nitrogens with zero attached hydrogens (tertiary/aromatic N) is 1. The number of likely N-dealkylation sites (N-methyl/N-ethyl adjacent to an activating group) is 1. The van der Waals surface area contributed by atoms with Crippen molar-refractivity contribution in [2.45, 2.75) is 24.7 Å². The molecule has 1 heterocycles. The summed E-state index contributed by atoms with van der Waals surface area (Å²) in [7, 11) is 2.15. The maximum absolute atomic E-state index is 5.61. The molecule has 0 radical (unpaired) electrons. The van der Waals surface area contributed by atoms with Gasteiger partial charge in [0.2, 0.25) is 0 Å². The van der Waals surface area contributed by atoms with Crippen LogP contribution in [-0.2, 0) is 11.8 Å². The van der Waals surface area contributed by atoms with Crippen molar-refractivity contribution >= 4 is 5.69 Å². The zero-order valence-corrected chi connectivity index (χ0v) is 9.09. The SMILES string of the molecule is C#CC1(c2ccc3c(c2)CCN3C)CC1. The summed E-state index contributed by atoms with van der Waals surface area (Å²) in [5.41, 5.74) is 4.30. The van der Waals surface area contributed by atoms with Crippen LogP contribution in [0.3, 0.4) is 0 Å². The predicted octanol–water partition coefficient (Wildman–Crippen LogP) is 2.34. The molecule has 1 nitrogen and oxygen atoms in total. The van der Waals surface area contributed by atoms with Crippen LogP contribution in [0.5, 0.6) is 0 Å². The lowest BCUT2D eigenvalue weighted by atomic mass is 9.94. The molecule has 0 spiro atoms. The molecule has 2 aliphatic rings. The molecule has 1 saturated carbocycles. The second-order valence-electron chi connectivity index (χ2n) is 4.74. The topological polar surface area (TPSA) is 3.24 Å². The molecule has 76 valence electrons. The average Bonchev–Trinajstić information content (AvgIpc) is 2.99. The lowest BCUT2D eigenvalue weighted by Crippen LogP contribution is -2.12. The molecule has 1 fully saturated rings. The molecule has 0 atom stereocenters. The van der Waals surface area contributed by atoms with E-state index >= 15 is 0 Å². The van der Waals surface area contributed by atoms with Gasteiger partial charge in [0, 0.05) is 19.3 Å². The van der Waals surface area contributed by atoms with E-state index in [0.29, 0.717) is 0 Å². The molecule has 0 aromatic heterocycles. The average molecular weight is 197 g/mol. The second kappa shape index (κ2) is 2.79. The lowest BCUT2D eigenvalue weighted by molar-refractivity contribution is 0.925. The quantitative estimate of drug-likeness (QED) is 0.625. The van der Waals surface area contributed by atoms with E-state index < -0.39 is 0 Å². The Kier molecular flexibility index (Phi) is 1.65. The van der Waals surface area contributed by atoms with Crippen molar-refractivity contribution in [1.29, 1.82) is 0 Å². The predicted molar refractivity (Wildman–Crippen MR) is 63.2 cm³/mol. The highest BCUT2D eigenvalue weighted by atomic mass is 15.1. The Labute approximate surface area is 91.1 Å². The third-order valence-electron chi connectivity index (χ3n) is 3.79. The van der Waals surface area contributed by atoms with Crippen molar-refractivity contribution in [3.05, 3.63) is 29.3 Å². The van der Waals surface area contributed by atoms with E-state index in [-0.39, 0.29) is 5.41 Å². The van der Waals surface area contributed by atoms with E-state index in [4.69, 9.17) is 6.42 Å². The van der Waals surface area contributed by atoms with Gasteiger partial charge in [-0.25, -0.2) is 0 Å². The van der Waals surface area contributed by atoms with Crippen molar-refractivity contribution in [3.63, 3.8) is 0 Å². The fraction of sp³-hybridized carbons (Fsp3) is 0.429. The number of terminal acetylenes is 1. The zero-order valence-electron chi connectivity index (χ0n) is 9.09. The number of hydrogen-bond donors (Lipinski definition) is 0. The van der Waals surface area contributed by atoms with Crippen LogP contribution in [0.15, 0.2) is 18.2 Å². The Morgan fingerprint density at radius 3 is 2.87 bits per heavy atom.